The van der Waals surface area contributed by atoms with Crippen LogP contribution in [0.5, 0.6) is 0 Å². The Morgan fingerprint density at radius 1 is 1.41 bits per heavy atom. The van der Waals surface area contributed by atoms with Crippen molar-refractivity contribution in [1.29, 1.82) is 0 Å². The van der Waals surface area contributed by atoms with Crippen LogP contribution in [-0.2, 0) is 0 Å². The third-order valence-electron chi connectivity index (χ3n) is 3.49. The van der Waals surface area contributed by atoms with Gasteiger partial charge in [0.1, 0.15) is 0 Å². The summed E-state index contributed by atoms with van der Waals surface area (Å²) in [5, 5.41) is 3.61. The van der Waals surface area contributed by atoms with Gasteiger partial charge in [-0.15, -0.1) is 0 Å². The summed E-state index contributed by atoms with van der Waals surface area (Å²) in [5.41, 5.74) is 1.23. The van der Waals surface area contributed by atoms with Gasteiger partial charge in [-0.3, -0.25) is 4.98 Å². The van der Waals surface area contributed by atoms with Gasteiger partial charge < -0.3 is 10.2 Å². The smallest absolute Gasteiger partial charge is 0.0567 e. The molecule has 94 valence electrons. The van der Waals surface area contributed by atoms with Gasteiger partial charge in [0, 0.05) is 35.8 Å². The van der Waals surface area contributed by atoms with Crippen molar-refractivity contribution in [1.82, 2.24) is 10.3 Å². The molecule has 1 saturated heterocycles. The Morgan fingerprint density at radius 2 is 2.24 bits per heavy atom. The van der Waals surface area contributed by atoms with Crippen molar-refractivity contribution >= 4 is 21.6 Å². The van der Waals surface area contributed by atoms with Gasteiger partial charge in [-0.2, -0.15) is 0 Å². The van der Waals surface area contributed by atoms with Crippen LogP contribution >= 0.6 is 15.9 Å². The highest BCUT2D eigenvalue weighted by molar-refractivity contribution is 9.10. The number of pyridine rings is 1. The van der Waals surface area contributed by atoms with Gasteiger partial charge in [-0.1, -0.05) is 13.8 Å². The number of anilines is 1. The second-order valence-corrected chi connectivity index (χ2v) is 5.50. The van der Waals surface area contributed by atoms with Gasteiger partial charge in [0.05, 0.1) is 11.9 Å². The highest BCUT2D eigenvalue weighted by atomic mass is 79.9. The zero-order valence-electron chi connectivity index (χ0n) is 10.5. The first kappa shape index (κ1) is 12.8. The zero-order chi connectivity index (χ0) is 12.3. The third-order valence-corrected chi connectivity index (χ3v) is 3.92. The first-order chi connectivity index (χ1) is 8.24. The van der Waals surface area contributed by atoms with Crippen LogP contribution in [0, 0.1) is 0 Å². The summed E-state index contributed by atoms with van der Waals surface area (Å²) in [5.74, 6) is 0. The highest BCUT2D eigenvalue weighted by Crippen LogP contribution is 2.24. The number of piperazine rings is 1. The molecule has 2 atom stereocenters. The van der Waals surface area contributed by atoms with E-state index in [1.54, 1.807) is 0 Å². The lowest BCUT2D eigenvalue weighted by atomic mass is 10.0. The first-order valence-corrected chi connectivity index (χ1v) is 7.14. The molecule has 2 unspecified atom stereocenters. The molecule has 2 heterocycles. The van der Waals surface area contributed by atoms with Crippen LogP contribution in [0.4, 0.5) is 5.69 Å². The van der Waals surface area contributed by atoms with Gasteiger partial charge in [0.2, 0.25) is 0 Å². The van der Waals surface area contributed by atoms with E-state index in [9.17, 15) is 0 Å². The zero-order valence-corrected chi connectivity index (χ0v) is 12.1. The van der Waals surface area contributed by atoms with Crippen molar-refractivity contribution in [2.24, 2.45) is 0 Å². The van der Waals surface area contributed by atoms with Crippen LogP contribution < -0.4 is 10.2 Å². The van der Waals surface area contributed by atoms with E-state index in [1.165, 1.54) is 12.1 Å². The lowest BCUT2D eigenvalue weighted by Crippen LogP contribution is -2.56. The topological polar surface area (TPSA) is 28.2 Å². The first-order valence-electron chi connectivity index (χ1n) is 6.35. The van der Waals surface area contributed by atoms with E-state index < -0.39 is 0 Å². The van der Waals surface area contributed by atoms with Crippen LogP contribution in [0.15, 0.2) is 22.9 Å². The number of hydrogen-bond donors (Lipinski definition) is 1. The summed E-state index contributed by atoms with van der Waals surface area (Å²) in [6, 6.07) is 3.33. The van der Waals surface area contributed by atoms with Crippen LogP contribution in [-0.4, -0.2) is 30.2 Å². The molecule has 1 aliphatic rings. The van der Waals surface area contributed by atoms with Crippen molar-refractivity contribution in [3.8, 4) is 0 Å². The van der Waals surface area contributed by atoms with Crippen molar-refractivity contribution in [3.63, 3.8) is 0 Å². The molecule has 0 saturated carbocycles. The Balaban J connectivity index is 2.20. The minimum atomic E-state index is 0.578. The second kappa shape index (κ2) is 5.83. The normalized spacial score (nSPS) is 25.0. The van der Waals surface area contributed by atoms with Gasteiger partial charge in [0.15, 0.2) is 0 Å². The number of nitrogens with one attached hydrogen (secondary N) is 1. The summed E-state index contributed by atoms with van der Waals surface area (Å²) < 4.78 is 1.05. The van der Waals surface area contributed by atoms with Crippen LogP contribution in [0.25, 0.3) is 0 Å². The molecule has 0 radical (unpaired) electrons. The van der Waals surface area contributed by atoms with Gasteiger partial charge in [-0.25, -0.2) is 0 Å². The molecule has 0 spiro atoms. The van der Waals surface area contributed by atoms with Gasteiger partial charge in [0.25, 0.3) is 0 Å². The maximum atomic E-state index is 4.27. The molecule has 0 amide bonds. The van der Waals surface area contributed by atoms with E-state index in [2.05, 4.69) is 51.0 Å². The molecule has 0 aromatic carbocycles. The molecule has 17 heavy (non-hydrogen) atoms. The standard InChI is InChI=1S/C13H20BrN3/c1-3-11-9-17(12(4-2)8-16-11)13-5-10(14)6-15-7-13/h5-7,11-12,16H,3-4,8-9H2,1-2H3. The molecule has 4 heteroatoms. The SMILES string of the molecule is CCC1CN(c2cncc(Br)c2)C(CC)CN1. The molecule has 1 N–H and O–H groups in total. The quantitative estimate of drug-likeness (QED) is 0.930. The molecule has 1 aromatic rings. The molecule has 1 aromatic heterocycles. The molecule has 0 aliphatic carbocycles. The number of aromatic nitrogens is 1. The molecule has 2 rings (SSSR count). The number of nitrogens with zero attached hydrogens (tertiary/aromatic N) is 2. The summed E-state index contributed by atoms with van der Waals surface area (Å²) in [4.78, 5) is 6.76. The van der Waals surface area contributed by atoms with E-state index in [0.717, 1.165) is 24.0 Å². The Labute approximate surface area is 112 Å². The maximum absolute atomic E-state index is 4.27. The third kappa shape index (κ3) is 2.99. The summed E-state index contributed by atoms with van der Waals surface area (Å²) >= 11 is 3.50. The van der Waals surface area contributed by atoms with E-state index in [4.69, 9.17) is 0 Å². The second-order valence-electron chi connectivity index (χ2n) is 4.59. The number of hydrogen-bond acceptors (Lipinski definition) is 3. The molecule has 3 nitrogen and oxygen atoms in total. The fraction of sp³-hybridized carbons (Fsp3) is 0.615. The molecule has 1 fully saturated rings. The van der Waals surface area contributed by atoms with Gasteiger partial charge in [-0.05, 0) is 34.8 Å². The maximum Gasteiger partial charge on any atom is 0.0567 e. The van der Waals surface area contributed by atoms with E-state index >= 15 is 0 Å². The fourth-order valence-corrected chi connectivity index (χ4v) is 2.73. The fourth-order valence-electron chi connectivity index (χ4n) is 2.38. The molecular weight excluding hydrogens is 278 g/mol. The minimum Gasteiger partial charge on any atom is -0.364 e. The van der Waals surface area contributed by atoms with E-state index in [0.29, 0.717) is 12.1 Å². The Morgan fingerprint density at radius 3 is 2.88 bits per heavy atom. The molecular formula is C13H20BrN3. The van der Waals surface area contributed by atoms with Gasteiger partial charge >= 0.3 is 0 Å². The Kier molecular flexibility index (Phi) is 4.40. The lowest BCUT2D eigenvalue weighted by Gasteiger charge is -2.41. The van der Waals surface area contributed by atoms with E-state index in [1.807, 2.05) is 12.4 Å². The van der Waals surface area contributed by atoms with Crippen molar-refractivity contribution in [3.05, 3.63) is 22.9 Å². The van der Waals surface area contributed by atoms with Crippen molar-refractivity contribution in [2.75, 3.05) is 18.0 Å². The van der Waals surface area contributed by atoms with E-state index in [-0.39, 0.29) is 0 Å². The Hall–Kier alpha value is -0.610. The number of halogens is 1. The van der Waals surface area contributed by atoms with Crippen molar-refractivity contribution in [2.45, 2.75) is 38.8 Å². The number of rotatable bonds is 3. The molecule has 1 aliphatic heterocycles. The minimum absolute atomic E-state index is 0.578. The summed E-state index contributed by atoms with van der Waals surface area (Å²) in [6.07, 6.45) is 6.14. The largest absolute Gasteiger partial charge is 0.364 e. The average molecular weight is 298 g/mol. The Bertz CT molecular complexity index is 369. The molecule has 0 bridgehead atoms. The van der Waals surface area contributed by atoms with Crippen LogP contribution in [0.3, 0.4) is 0 Å². The highest BCUT2D eigenvalue weighted by Gasteiger charge is 2.26. The lowest BCUT2D eigenvalue weighted by molar-refractivity contribution is 0.378. The monoisotopic (exact) mass is 297 g/mol. The van der Waals surface area contributed by atoms with Crippen LogP contribution in [0.1, 0.15) is 26.7 Å². The van der Waals surface area contributed by atoms with Crippen LogP contribution in [0.2, 0.25) is 0 Å². The summed E-state index contributed by atoms with van der Waals surface area (Å²) in [7, 11) is 0. The predicted octanol–water partition coefficient (Wildman–Crippen LogP) is 2.81. The van der Waals surface area contributed by atoms with Crippen molar-refractivity contribution < 1.29 is 0 Å². The summed E-state index contributed by atoms with van der Waals surface area (Å²) in [6.45, 7) is 6.63. The predicted molar refractivity (Wildman–Crippen MR) is 75.4 cm³/mol. The average Bonchev–Trinajstić information content (AvgIpc) is 2.38.